The molecular formula is C13H11NS2. The quantitative estimate of drug-likeness (QED) is 0.803. The summed E-state index contributed by atoms with van der Waals surface area (Å²) >= 11 is 3.64. The number of hydrogen-bond acceptors (Lipinski definition) is 3. The van der Waals surface area contributed by atoms with Gasteiger partial charge < -0.3 is 5.32 Å². The van der Waals surface area contributed by atoms with Crippen LogP contribution in [0.4, 0.5) is 5.69 Å². The van der Waals surface area contributed by atoms with Crippen molar-refractivity contribution >= 4 is 34.9 Å². The Hall–Kier alpha value is -1.19. The second kappa shape index (κ2) is 4.36. The van der Waals surface area contributed by atoms with Crippen LogP contribution in [-0.4, -0.2) is 6.54 Å². The molecule has 0 aliphatic carbocycles. The Morgan fingerprint density at radius 2 is 2.06 bits per heavy atom. The van der Waals surface area contributed by atoms with Crippen LogP contribution in [0.15, 0.2) is 51.6 Å². The number of hydrogen-bond donors (Lipinski definition) is 1. The molecule has 0 atom stereocenters. The predicted octanol–water partition coefficient (Wildman–Crippen LogP) is 4.31. The lowest BCUT2D eigenvalue weighted by molar-refractivity contribution is 1.25. The summed E-state index contributed by atoms with van der Waals surface area (Å²) in [6.07, 6.45) is 2.26. The molecule has 1 aromatic carbocycles. The van der Waals surface area contributed by atoms with Gasteiger partial charge in [0, 0.05) is 26.9 Å². The molecule has 0 spiro atoms. The SMILES string of the molecule is C(=C1CNc2ccccc2S1)c1cccs1. The fourth-order valence-corrected chi connectivity index (χ4v) is 3.44. The van der Waals surface area contributed by atoms with Gasteiger partial charge in [-0.1, -0.05) is 30.0 Å². The highest BCUT2D eigenvalue weighted by Crippen LogP contribution is 2.37. The molecule has 0 unspecified atom stereocenters. The lowest BCUT2D eigenvalue weighted by Gasteiger charge is -2.19. The zero-order valence-electron chi connectivity index (χ0n) is 8.64. The van der Waals surface area contributed by atoms with Gasteiger partial charge in [-0.25, -0.2) is 0 Å². The molecule has 3 rings (SSSR count). The van der Waals surface area contributed by atoms with Crippen molar-refractivity contribution in [2.24, 2.45) is 0 Å². The zero-order chi connectivity index (χ0) is 10.8. The van der Waals surface area contributed by atoms with Crippen LogP contribution in [0.3, 0.4) is 0 Å². The fourth-order valence-electron chi connectivity index (χ4n) is 1.67. The molecular weight excluding hydrogens is 234 g/mol. The highest BCUT2D eigenvalue weighted by Gasteiger charge is 2.11. The van der Waals surface area contributed by atoms with Crippen LogP contribution in [0.2, 0.25) is 0 Å². The topological polar surface area (TPSA) is 12.0 Å². The lowest BCUT2D eigenvalue weighted by atomic mass is 10.3. The summed E-state index contributed by atoms with van der Waals surface area (Å²) in [6.45, 7) is 0.930. The van der Waals surface area contributed by atoms with E-state index in [1.54, 1.807) is 11.3 Å². The van der Waals surface area contributed by atoms with E-state index in [2.05, 4.69) is 53.2 Å². The first kappa shape index (κ1) is 10.00. The predicted molar refractivity (Wildman–Crippen MR) is 73.1 cm³/mol. The highest BCUT2D eigenvalue weighted by molar-refractivity contribution is 8.03. The van der Waals surface area contributed by atoms with Crippen LogP contribution >= 0.6 is 23.1 Å². The summed E-state index contributed by atoms with van der Waals surface area (Å²) < 4.78 is 0. The average Bonchev–Trinajstić information content (AvgIpc) is 2.82. The third kappa shape index (κ3) is 2.01. The lowest BCUT2D eigenvalue weighted by Crippen LogP contribution is -2.08. The van der Waals surface area contributed by atoms with Gasteiger partial charge in [0.15, 0.2) is 0 Å². The highest BCUT2D eigenvalue weighted by atomic mass is 32.2. The molecule has 1 N–H and O–H groups in total. The van der Waals surface area contributed by atoms with E-state index in [1.807, 2.05) is 11.8 Å². The Bertz CT molecular complexity index is 514. The van der Waals surface area contributed by atoms with Gasteiger partial charge in [-0.2, -0.15) is 0 Å². The minimum Gasteiger partial charge on any atom is -0.380 e. The Morgan fingerprint density at radius 3 is 2.94 bits per heavy atom. The Morgan fingerprint density at radius 1 is 1.12 bits per heavy atom. The minimum atomic E-state index is 0.930. The molecule has 1 nitrogen and oxygen atoms in total. The first-order valence-electron chi connectivity index (χ1n) is 5.17. The Balaban J connectivity index is 1.88. The molecule has 0 saturated carbocycles. The molecule has 0 fully saturated rings. The normalized spacial score (nSPS) is 16.9. The van der Waals surface area contributed by atoms with Crippen LogP contribution in [0.25, 0.3) is 6.08 Å². The molecule has 0 saturated heterocycles. The van der Waals surface area contributed by atoms with Gasteiger partial charge in [-0.3, -0.25) is 0 Å². The molecule has 0 bridgehead atoms. The van der Waals surface area contributed by atoms with Crippen molar-refractivity contribution in [3.8, 4) is 0 Å². The van der Waals surface area contributed by atoms with Crippen molar-refractivity contribution in [3.63, 3.8) is 0 Å². The molecule has 80 valence electrons. The standard InChI is InChI=1S/C13H11NS2/c1-2-6-13-12(5-1)14-9-11(16-13)8-10-4-3-7-15-10/h1-8,14H,9H2. The minimum absolute atomic E-state index is 0.930. The van der Waals surface area contributed by atoms with Crippen molar-refractivity contribution < 1.29 is 0 Å². The van der Waals surface area contributed by atoms with Crippen molar-refractivity contribution in [2.45, 2.75) is 4.90 Å². The van der Waals surface area contributed by atoms with Gasteiger partial charge in [0.1, 0.15) is 0 Å². The summed E-state index contributed by atoms with van der Waals surface area (Å²) in [5.74, 6) is 0. The van der Waals surface area contributed by atoms with Crippen molar-refractivity contribution in [1.29, 1.82) is 0 Å². The van der Waals surface area contributed by atoms with E-state index in [9.17, 15) is 0 Å². The fraction of sp³-hybridized carbons (Fsp3) is 0.0769. The largest absolute Gasteiger partial charge is 0.380 e. The van der Waals surface area contributed by atoms with E-state index >= 15 is 0 Å². The van der Waals surface area contributed by atoms with E-state index in [0.29, 0.717) is 0 Å². The van der Waals surface area contributed by atoms with E-state index in [0.717, 1.165) is 6.54 Å². The maximum Gasteiger partial charge on any atom is 0.0484 e. The monoisotopic (exact) mass is 245 g/mol. The number of rotatable bonds is 1. The van der Waals surface area contributed by atoms with Crippen LogP contribution in [0, 0.1) is 0 Å². The molecule has 2 heterocycles. The molecule has 1 aliphatic heterocycles. The van der Waals surface area contributed by atoms with E-state index < -0.39 is 0 Å². The Kier molecular flexibility index (Phi) is 2.72. The van der Waals surface area contributed by atoms with Gasteiger partial charge in [0.25, 0.3) is 0 Å². The van der Waals surface area contributed by atoms with Gasteiger partial charge in [-0.05, 0) is 29.7 Å². The summed E-state index contributed by atoms with van der Waals surface area (Å²) in [5, 5.41) is 5.55. The number of nitrogens with one attached hydrogen (secondary N) is 1. The summed E-state index contributed by atoms with van der Waals surface area (Å²) in [7, 11) is 0. The molecule has 1 aliphatic rings. The first-order chi connectivity index (χ1) is 7.92. The second-order valence-electron chi connectivity index (χ2n) is 3.58. The summed E-state index contributed by atoms with van der Waals surface area (Å²) in [4.78, 5) is 4.02. The number of thiophene rings is 1. The number of anilines is 1. The molecule has 0 radical (unpaired) electrons. The maximum atomic E-state index is 3.44. The number of para-hydroxylation sites is 1. The van der Waals surface area contributed by atoms with Crippen LogP contribution < -0.4 is 5.32 Å². The zero-order valence-corrected chi connectivity index (χ0v) is 10.3. The third-order valence-corrected chi connectivity index (χ3v) is 4.35. The number of thioether (sulfide) groups is 1. The van der Waals surface area contributed by atoms with E-state index in [-0.39, 0.29) is 0 Å². The summed E-state index contributed by atoms with van der Waals surface area (Å²) in [5.41, 5.74) is 1.25. The van der Waals surface area contributed by atoms with E-state index in [4.69, 9.17) is 0 Å². The molecule has 3 heteroatoms. The molecule has 1 aromatic heterocycles. The van der Waals surface area contributed by atoms with Gasteiger partial charge in [-0.15, -0.1) is 11.3 Å². The van der Waals surface area contributed by atoms with Crippen molar-refractivity contribution in [2.75, 3.05) is 11.9 Å². The third-order valence-electron chi connectivity index (χ3n) is 2.43. The number of benzene rings is 1. The van der Waals surface area contributed by atoms with Gasteiger partial charge in [0.05, 0.1) is 0 Å². The average molecular weight is 245 g/mol. The van der Waals surface area contributed by atoms with Crippen molar-refractivity contribution in [3.05, 3.63) is 51.6 Å². The van der Waals surface area contributed by atoms with Crippen LogP contribution in [0.1, 0.15) is 4.88 Å². The van der Waals surface area contributed by atoms with Crippen LogP contribution in [-0.2, 0) is 0 Å². The molecule has 0 amide bonds. The maximum absolute atomic E-state index is 3.44. The van der Waals surface area contributed by atoms with Crippen molar-refractivity contribution in [1.82, 2.24) is 0 Å². The van der Waals surface area contributed by atoms with Gasteiger partial charge in [0.2, 0.25) is 0 Å². The Labute approximate surface area is 103 Å². The smallest absolute Gasteiger partial charge is 0.0484 e. The van der Waals surface area contributed by atoms with E-state index in [1.165, 1.54) is 20.4 Å². The number of fused-ring (bicyclic) bond motifs is 1. The second-order valence-corrected chi connectivity index (χ2v) is 5.73. The molecule has 16 heavy (non-hydrogen) atoms. The first-order valence-corrected chi connectivity index (χ1v) is 6.86. The molecule has 2 aromatic rings. The van der Waals surface area contributed by atoms with Gasteiger partial charge >= 0.3 is 0 Å². The summed E-state index contributed by atoms with van der Waals surface area (Å²) in [6, 6.07) is 12.7. The van der Waals surface area contributed by atoms with Crippen LogP contribution in [0.5, 0.6) is 0 Å².